The van der Waals surface area contributed by atoms with Crippen molar-refractivity contribution in [3.8, 4) is 0 Å². The summed E-state index contributed by atoms with van der Waals surface area (Å²) in [5.74, 6) is 0.304. The molecule has 63 heavy (non-hydrogen) atoms. The fourth-order valence-electron chi connectivity index (χ4n) is 9.74. The molecule has 11 nitrogen and oxygen atoms in total. The van der Waals surface area contributed by atoms with Crippen molar-refractivity contribution in [1.29, 1.82) is 0 Å². The van der Waals surface area contributed by atoms with Gasteiger partial charge in [-0.3, -0.25) is 4.79 Å². The number of likely N-dealkylation sites (N-methyl/N-ethyl adjacent to an activating group) is 1. The van der Waals surface area contributed by atoms with Crippen molar-refractivity contribution in [2.75, 3.05) is 44.2 Å². The smallest absolute Gasteiger partial charge is 0.390 e. The lowest BCUT2D eigenvalue weighted by Crippen LogP contribution is -2.42. The van der Waals surface area contributed by atoms with Crippen molar-refractivity contribution in [2.24, 2.45) is 5.92 Å². The van der Waals surface area contributed by atoms with Gasteiger partial charge in [-0.25, -0.2) is 4.57 Å². The van der Waals surface area contributed by atoms with Gasteiger partial charge in [-0.1, -0.05) is 99.3 Å². The van der Waals surface area contributed by atoms with Gasteiger partial charge in [0.15, 0.2) is 5.71 Å². The average molecular weight is 857 g/mol. The van der Waals surface area contributed by atoms with E-state index in [0.29, 0.717) is 25.4 Å². The van der Waals surface area contributed by atoms with Crippen molar-refractivity contribution in [1.82, 2.24) is 19.8 Å². The van der Waals surface area contributed by atoms with Gasteiger partial charge in [0.05, 0.1) is 18.1 Å². The highest BCUT2D eigenvalue weighted by Gasteiger charge is 2.45. The third kappa shape index (κ3) is 10.7. The number of aryl methyl sites for hydroxylation is 1. The summed E-state index contributed by atoms with van der Waals surface area (Å²) in [7, 11) is 0. The number of carbonyl (C=O) groups is 1. The van der Waals surface area contributed by atoms with Gasteiger partial charge in [-0.05, 0) is 105 Å². The fraction of sp³-hybridized carbons (Fsp3) is 0.481. The Kier molecular flexibility index (Phi) is 15.6. The molecule has 0 bridgehead atoms. The topological polar surface area (TPSA) is 120 Å². The number of carbonyl (C=O) groups excluding carboxylic acids is 1. The highest BCUT2D eigenvalue weighted by molar-refractivity contribution is 6.07. The van der Waals surface area contributed by atoms with Crippen molar-refractivity contribution in [3.05, 3.63) is 130 Å². The summed E-state index contributed by atoms with van der Waals surface area (Å²) in [6.45, 7) is 23.1. The highest BCUT2D eigenvalue weighted by Crippen LogP contribution is 2.48. The largest absolute Gasteiger partial charge is 0.434 e. The molecular formula is C52H70N7O4+. The van der Waals surface area contributed by atoms with E-state index in [2.05, 4.69) is 158 Å². The Hall–Kier alpha value is -5.39. The number of nitrogens with zero attached hydrogens (tertiary/aromatic N) is 6. The molecule has 0 radical (unpaired) electrons. The molecule has 0 spiro atoms. The van der Waals surface area contributed by atoms with Gasteiger partial charge in [-0.2, -0.15) is 4.58 Å². The lowest BCUT2D eigenvalue weighted by Gasteiger charge is -2.33. The first kappa shape index (κ1) is 47.1. The Morgan fingerprint density at radius 2 is 1.76 bits per heavy atom. The molecule has 4 heterocycles. The second-order valence-corrected chi connectivity index (χ2v) is 18.4. The Morgan fingerprint density at radius 3 is 2.48 bits per heavy atom. The third-order valence-electron chi connectivity index (χ3n) is 13.2. The molecule has 11 heteroatoms. The van der Waals surface area contributed by atoms with Gasteiger partial charge in [0, 0.05) is 67.0 Å². The number of amides is 1. The van der Waals surface area contributed by atoms with Crippen LogP contribution in [0, 0.1) is 23.0 Å². The lowest BCUT2D eigenvalue weighted by molar-refractivity contribution is -0.438. The number of allylic oxidation sites excluding steroid dienone is 6. The van der Waals surface area contributed by atoms with Crippen molar-refractivity contribution in [3.63, 3.8) is 0 Å². The molecule has 1 fully saturated rings. The molecule has 7 rings (SSSR count). The molecule has 3 aromatic carbocycles. The molecule has 1 atom stereocenters. The fourth-order valence-corrected chi connectivity index (χ4v) is 9.74. The summed E-state index contributed by atoms with van der Waals surface area (Å²) in [5, 5.41) is 26.6. The zero-order chi connectivity index (χ0) is 45.3. The van der Waals surface area contributed by atoms with E-state index in [-0.39, 0.29) is 29.2 Å². The number of aliphatic hydroxyl groups excluding tert-OH is 1. The molecule has 2 N–H and O–H groups in total. The van der Waals surface area contributed by atoms with E-state index < -0.39 is 11.0 Å². The van der Waals surface area contributed by atoms with E-state index in [1.807, 2.05) is 6.92 Å². The van der Waals surface area contributed by atoms with Crippen LogP contribution in [-0.2, 0) is 22.2 Å². The number of nitro groups is 1. The zero-order valence-corrected chi connectivity index (χ0v) is 38.9. The molecule has 0 saturated carbocycles. The number of rotatable bonds is 16. The van der Waals surface area contributed by atoms with Gasteiger partial charge in [0.1, 0.15) is 18.9 Å². The Balaban J connectivity index is 0.000000236. The van der Waals surface area contributed by atoms with Crippen LogP contribution in [0.5, 0.6) is 0 Å². The summed E-state index contributed by atoms with van der Waals surface area (Å²) < 4.78 is 3.94. The van der Waals surface area contributed by atoms with Crippen LogP contribution in [0.25, 0.3) is 10.8 Å². The Morgan fingerprint density at radius 1 is 1.00 bits per heavy atom. The molecule has 1 aromatic heterocycles. The molecule has 4 aromatic rings. The first-order valence-corrected chi connectivity index (χ1v) is 23.1. The average Bonchev–Trinajstić information content (AvgIpc) is 3.88. The lowest BCUT2D eigenvalue weighted by atomic mass is 9.79. The van der Waals surface area contributed by atoms with Gasteiger partial charge in [0.2, 0.25) is 11.6 Å². The van der Waals surface area contributed by atoms with Crippen molar-refractivity contribution in [2.45, 2.75) is 117 Å². The first-order valence-electron chi connectivity index (χ1n) is 23.1. The van der Waals surface area contributed by atoms with E-state index >= 15 is 0 Å². The molecule has 3 aliphatic rings. The molecule has 3 aliphatic heterocycles. The van der Waals surface area contributed by atoms with E-state index in [9.17, 15) is 20.0 Å². The first-order chi connectivity index (χ1) is 30.2. The highest BCUT2D eigenvalue weighted by atomic mass is 16.6. The van der Waals surface area contributed by atoms with Crippen molar-refractivity contribution >= 4 is 39.7 Å². The zero-order valence-electron chi connectivity index (χ0n) is 38.9. The van der Waals surface area contributed by atoms with Crippen molar-refractivity contribution < 1.29 is 19.4 Å². The van der Waals surface area contributed by atoms with Crippen LogP contribution >= 0.6 is 0 Å². The quantitative estimate of drug-likeness (QED) is 0.0379. The number of nitrogens with one attached hydrogen (secondary N) is 1. The minimum absolute atomic E-state index is 0.00755. The molecule has 0 aliphatic carbocycles. The maximum atomic E-state index is 11.3. The van der Waals surface area contributed by atoms with Crippen LogP contribution in [-0.4, -0.2) is 86.0 Å². The van der Waals surface area contributed by atoms with Gasteiger partial charge >= 0.3 is 5.95 Å². The van der Waals surface area contributed by atoms with E-state index in [1.54, 1.807) is 0 Å². The van der Waals surface area contributed by atoms with Crippen LogP contribution in [0.2, 0.25) is 0 Å². The maximum Gasteiger partial charge on any atom is 0.434 e. The standard InChI is InChI=1S/C37H45N2.C15H25N5O4/c1-8-10-16-25-39-32-24-22-28-17-14-15-18-29(28)35(32)37(6,7)34(39)20-13-11-12-19-33-36(4,5)30-26-27(3)21-23-31(30)38(33)9-2;1-2-14(22)17-9-12-3-6-18(7-4-12)10-13(21)11-19-8-5-16-15(19)20(23)24/h11-15,17-24,26H,8-10,16,25H2,1-7H3;5,8,12-13,21H,2-4,6-7,9-11H2,1H3,(H,17,22)/q+1;. The summed E-state index contributed by atoms with van der Waals surface area (Å²) in [4.78, 5) is 29.8. The molecule has 1 saturated heterocycles. The number of β-amino-alcohol motifs (C(OH)–C–C–N with tert-alkyl or cyclic N) is 1. The number of fused-ring (bicyclic) bond motifs is 4. The van der Waals surface area contributed by atoms with E-state index in [4.69, 9.17) is 0 Å². The summed E-state index contributed by atoms with van der Waals surface area (Å²) in [6.07, 6.45) is 19.7. The Bertz CT molecular complexity index is 2360. The number of likely N-dealkylation sites (tertiary alicyclic amines) is 1. The summed E-state index contributed by atoms with van der Waals surface area (Å²) >= 11 is 0. The molecule has 336 valence electrons. The van der Waals surface area contributed by atoms with Gasteiger partial charge < -0.3 is 30.3 Å². The Labute approximate surface area is 375 Å². The third-order valence-corrected chi connectivity index (χ3v) is 13.2. The van der Waals surface area contributed by atoms with Crippen LogP contribution in [0.4, 0.5) is 17.3 Å². The number of aromatic nitrogens is 2. The number of imidazole rings is 1. The predicted octanol–water partition coefficient (Wildman–Crippen LogP) is 9.92. The normalized spacial score (nSPS) is 18.3. The minimum Gasteiger partial charge on any atom is -0.390 e. The van der Waals surface area contributed by atoms with E-state index in [1.165, 1.54) is 86.5 Å². The number of aliphatic hydroxyl groups is 1. The van der Waals surface area contributed by atoms with Crippen LogP contribution in [0.1, 0.15) is 104 Å². The number of hydrogen-bond acceptors (Lipinski definition) is 7. The maximum absolute atomic E-state index is 11.3. The monoisotopic (exact) mass is 857 g/mol. The van der Waals surface area contributed by atoms with Crippen LogP contribution in [0.15, 0.2) is 103 Å². The van der Waals surface area contributed by atoms with Gasteiger partial charge in [0.25, 0.3) is 0 Å². The number of piperidine rings is 1. The SMILES string of the molecule is CCC(=O)NCC1CCN(CC(O)Cn2ccnc2[N+](=O)[O-])CC1.CCCCC[N+]1=C(/C=C/C=C/C=C2/N(CC)c3ccc(C)cc3C2(C)C)C(C)(C)c2c1ccc1ccccc21. The van der Waals surface area contributed by atoms with Crippen LogP contribution in [0.3, 0.4) is 0 Å². The number of benzene rings is 3. The molecule has 1 amide bonds. The number of hydrogen-bond donors (Lipinski definition) is 2. The number of anilines is 1. The summed E-state index contributed by atoms with van der Waals surface area (Å²) in [6, 6.07) is 20.3. The second kappa shape index (κ2) is 20.9. The summed E-state index contributed by atoms with van der Waals surface area (Å²) in [5.41, 5.74) is 9.62. The minimum atomic E-state index is -0.686. The van der Waals surface area contributed by atoms with E-state index in [0.717, 1.165) is 39.0 Å². The number of unbranched alkanes of at least 4 members (excludes halogenated alkanes) is 2. The van der Waals surface area contributed by atoms with Gasteiger partial charge in [-0.15, -0.1) is 0 Å². The predicted molar refractivity (Wildman–Crippen MR) is 257 cm³/mol. The molecular weight excluding hydrogens is 787 g/mol. The molecule has 1 unspecified atom stereocenters. The van der Waals surface area contributed by atoms with Crippen LogP contribution < -0.4 is 10.2 Å². The second-order valence-electron chi connectivity index (χ2n) is 18.4.